The average Bonchev–Trinajstić information content (AvgIpc) is 2.06. The summed E-state index contributed by atoms with van der Waals surface area (Å²) in [6.07, 6.45) is 1.52. The zero-order valence-electron chi connectivity index (χ0n) is 6.82. The zero-order valence-corrected chi connectivity index (χ0v) is 6.82. The van der Waals surface area contributed by atoms with Crippen LogP contribution in [-0.2, 0) is 4.79 Å². The van der Waals surface area contributed by atoms with Gasteiger partial charge in [0.25, 0.3) is 0 Å². The summed E-state index contributed by atoms with van der Waals surface area (Å²) in [6, 6.07) is 7.13. The average molecular weight is 162 g/mol. The summed E-state index contributed by atoms with van der Waals surface area (Å²) in [5, 5.41) is 0. The van der Waals surface area contributed by atoms with Gasteiger partial charge in [-0.1, -0.05) is 12.1 Å². The number of benzene rings is 1. The number of aliphatic imine (C=N–C) groups is 1. The van der Waals surface area contributed by atoms with Crippen molar-refractivity contribution in [2.75, 3.05) is 5.73 Å². The molecule has 0 bridgehead atoms. The van der Waals surface area contributed by atoms with Crippen LogP contribution in [-0.4, -0.2) is 6.08 Å². The minimum absolute atomic E-state index is 0.136. The minimum atomic E-state index is -0.136. The van der Waals surface area contributed by atoms with Crippen LogP contribution in [0.2, 0.25) is 0 Å². The Bertz CT molecular complexity index is 299. The summed E-state index contributed by atoms with van der Waals surface area (Å²) in [5.74, 6) is 0. The first-order chi connectivity index (χ1) is 5.74. The van der Waals surface area contributed by atoms with E-state index in [9.17, 15) is 4.79 Å². The second-order valence-corrected chi connectivity index (χ2v) is 2.56. The summed E-state index contributed by atoms with van der Waals surface area (Å²) >= 11 is 0. The van der Waals surface area contributed by atoms with Gasteiger partial charge in [-0.25, -0.2) is 4.79 Å². The van der Waals surface area contributed by atoms with Crippen LogP contribution >= 0.6 is 0 Å². The molecule has 0 fully saturated rings. The lowest BCUT2D eigenvalue weighted by molar-refractivity contribution is 0.559. The van der Waals surface area contributed by atoms with Crippen LogP contribution in [0.1, 0.15) is 18.5 Å². The number of nitrogens with zero attached hydrogens (tertiary/aromatic N) is 1. The Kier molecular flexibility index (Phi) is 2.62. The molecule has 1 rings (SSSR count). The number of anilines is 1. The van der Waals surface area contributed by atoms with Crippen molar-refractivity contribution in [3.05, 3.63) is 29.8 Å². The van der Waals surface area contributed by atoms with Crippen LogP contribution in [0.25, 0.3) is 0 Å². The van der Waals surface area contributed by atoms with Gasteiger partial charge in [-0.15, -0.1) is 0 Å². The third-order valence-electron chi connectivity index (χ3n) is 1.67. The standard InChI is InChI=1S/C9H10N2O/c1-7(11-6-12)8-2-4-9(10)5-3-8/h2-5,7H,10H2,1H3/t7-/m1/s1. The van der Waals surface area contributed by atoms with Crippen LogP contribution in [0.4, 0.5) is 5.69 Å². The number of nitrogen functional groups attached to an aromatic ring is 1. The predicted octanol–water partition coefficient (Wildman–Crippen LogP) is 1.67. The first-order valence-corrected chi connectivity index (χ1v) is 3.66. The highest BCUT2D eigenvalue weighted by Crippen LogP contribution is 2.16. The Hall–Kier alpha value is -1.60. The van der Waals surface area contributed by atoms with E-state index in [2.05, 4.69) is 4.99 Å². The first-order valence-electron chi connectivity index (χ1n) is 3.66. The summed E-state index contributed by atoms with van der Waals surface area (Å²) in [5.41, 5.74) is 7.17. The number of rotatable bonds is 2. The highest BCUT2D eigenvalue weighted by molar-refractivity contribution is 5.41. The fourth-order valence-electron chi connectivity index (χ4n) is 0.928. The van der Waals surface area contributed by atoms with E-state index >= 15 is 0 Å². The van der Waals surface area contributed by atoms with Gasteiger partial charge in [-0.2, -0.15) is 4.99 Å². The third kappa shape index (κ3) is 1.94. The minimum Gasteiger partial charge on any atom is -0.399 e. The Morgan fingerprint density at radius 3 is 2.50 bits per heavy atom. The van der Waals surface area contributed by atoms with Crippen molar-refractivity contribution >= 4 is 11.8 Å². The molecule has 0 unspecified atom stereocenters. The van der Waals surface area contributed by atoms with Gasteiger partial charge in [-0.05, 0) is 24.6 Å². The maximum absolute atomic E-state index is 9.94. The van der Waals surface area contributed by atoms with E-state index < -0.39 is 0 Å². The maximum atomic E-state index is 9.94. The second kappa shape index (κ2) is 3.69. The molecular formula is C9H10N2O. The smallest absolute Gasteiger partial charge is 0.235 e. The van der Waals surface area contributed by atoms with Gasteiger partial charge < -0.3 is 5.73 Å². The number of isocyanates is 1. The van der Waals surface area contributed by atoms with Crippen molar-refractivity contribution in [2.45, 2.75) is 13.0 Å². The van der Waals surface area contributed by atoms with Gasteiger partial charge in [0.15, 0.2) is 0 Å². The van der Waals surface area contributed by atoms with E-state index in [1.807, 2.05) is 19.1 Å². The van der Waals surface area contributed by atoms with E-state index in [-0.39, 0.29) is 6.04 Å². The van der Waals surface area contributed by atoms with E-state index in [1.54, 1.807) is 12.1 Å². The fraction of sp³-hybridized carbons (Fsp3) is 0.222. The Balaban J connectivity index is 2.89. The van der Waals surface area contributed by atoms with E-state index in [4.69, 9.17) is 5.73 Å². The molecule has 0 aliphatic rings. The zero-order chi connectivity index (χ0) is 8.97. The van der Waals surface area contributed by atoms with E-state index in [0.717, 1.165) is 5.56 Å². The molecule has 1 atom stereocenters. The highest BCUT2D eigenvalue weighted by atomic mass is 16.1. The molecule has 0 aliphatic heterocycles. The summed E-state index contributed by atoms with van der Waals surface area (Å²) in [6.45, 7) is 1.83. The third-order valence-corrected chi connectivity index (χ3v) is 1.67. The second-order valence-electron chi connectivity index (χ2n) is 2.56. The number of nitrogens with two attached hydrogens (primary N) is 1. The molecule has 62 valence electrons. The van der Waals surface area contributed by atoms with Crippen molar-refractivity contribution in [3.8, 4) is 0 Å². The van der Waals surface area contributed by atoms with Crippen molar-refractivity contribution in [1.82, 2.24) is 0 Å². The molecule has 1 aromatic carbocycles. The molecule has 1 aromatic rings. The molecule has 0 aromatic heterocycles. The van der Waals surface area contributed by atoms with Gasteiger partial charge in [0, 0.05) is 5.69 Å². The topological polar surface area (TPSA) is 55.5 Å². The molecule has 3 heteroatoms. The molecule has 0 spiro atoms. The molecule has 0 amide bonds. The van der Waals surface area contributed by atoms with Crippen molar-refractivity contribution < 1.29 is 4.79 Å². The van der Waals surface area contributed by atoms with Crippen LogP contribution in [0, 0.1) is 0 Å². The number of hydrogen-bond acceptors (Lipinski definition) is 3. The lowest BCUT2D eigenvalue weighted by Gasteiger charge is -2.03. The van der Waals surface area contributed by atoms with Gasteiger partial charge in [0.2, 0.25) is 6.08 Å². The lowest BCUT2D eigenvalue weighted by Crippen LogP contribution is -1.90. The van der Waals surface area contributed by atoms with Crippen molar-refractivity contribution in [1.29, 1.82) is 0 Å². The molecule has 2 N–H and O–H groups in total. The lowest BCUT2D eigenvalue weighted by atomic mass is 10.1. The molecule has 0 radical (unpaired) electrons. The number of carbonyl (C=O) groups excluding carboxylic acids is 1. The highest BCUT2D eigenvalue weighted by Gasteiger charge is 2.00. The van der Waals surface area contributed by atoms with Crippen LogP contribution in [0.3, 0.4) is 0 Å². The summed E-state index contributed by atoms with van der Waals surface area (Å²) < 4.78 is 0. The molecule has 0 aliphatic carbocycles. The monoisotopic (exact) mass is 162 g/mol. The Morgan fingerprint density at radius 1 is 1.42 bits per heavy atom. The normalized spacial score (nSPS) is 11.8. The fourth-order valence-corrected chi connectivity index (χ4v) is 0.928. The molecular weight excluding hydrogens is 152 g/mol. The van der Waals surface area contributed by atoms with Gasteiger partial charge in [-0.3, -0.25) is 0 Å². The molecule has 0 saturated heterocycles. The SMILES string of the molecule is C[C@@H](N=C=O)c1ccc(N)cc1. The van der Waals surface area contributed by atoms with Crippen molar-refractivity contribution in [2.24, 2.45) is 4.99 Å². The van der Waals surface area contributed by atoms with Gasteiger partial charge in [0.05, 0.1) is 6.04 Å². The van der Waals surface area contributed by atoms with Crippen LogP contribution in [0.15, 0.2) is 29.3 Å². The maximum Gasteiger partial charge on any atom is 0.235 e. The summed E-state index contributed by atoms with van der Waals surface area (Å²) in [7, 11) is 0. The van der Waals surface area contributed by atoms with Crippen LogP contribution in [0.5, 0.6) is 0 Å². The molecule has 3 nitrogen and oxygen atoms in total. The summed E-state index contributed by atoms with van der Waals surface area (Å²) in [4.78, 5) is 13.5. The van der Waals surface area contributed by atoms with Gasteiger partial charge in [0.1, 0.15) is 0 Å². The molecule has 0 heterocycles. The largest absolute Gasteiger partial charge is 0.399 e. The Morgan fingerprint density at radius 2 is 2.00 bits per heavy atom. The van der Waals surface area contributed by atoms with Gasteiger partial charge >= 0.3 is 0 Å². The Labute approximate surface area is 70.9 Å². The van der Waals surface area contributed by atoms with Crippen molar-refractivity contribution in [3.63, 3.8) is 0 Å². The molecule has 0 saturated carbocycles. The first kappa shape index (κ1) is 8.50. The molecule has 12 heavy (non-hydrogen) atoms. The quantitative estimate of drug-likeness (QED) is 0.408. The van der Waals surface area contributed by atoms with Crippen LogP contribution < -0.4 is 5.73 Å². The van der Waals surface area contributed by atoms with E-state index in [1.165, 1.54) is 6.08 Å². The predicted molar refractivity (Wildman–Crippen MR) is 47.4 cm³/mol. The van der Waals surface area contributed by atoms with E-state index in [0.29, 0.717) is 5.69 Å². The number of hydrogen-bond donors (Lipinski definition) is 1.